The minimum atomic E-state index is -0.111. The molecule has 1 aliphatic heterocycles. The van der Waals surface area contributed by atoms with E-state index >= 15 is 0 Å². The van der Waals surface area contributed by atoms with Gasteiger partial charge in [0.05, 0.1) is 35.6 Å². The number of fused-ring (bicyclic) bond motifs is 1. The Balaban J connectivity index is 1.59. The van der Waals surface area contributed by atoms with Crippen molar-refractivity contribution >= 4 is 27.5 Å². The zero-order chi connectivity index (χ0) is 16.2. The number of aromatic nitrogens is 1. The van der Waals surface area contributed by atoms with Crippen LogP contribution in [0.3, 0.4) is 0 Å². The lowest BCUT2D eigenvalue weighted by Crippen LogP contribution is -2.51. The average molecular weight is 337 g/mol. The number of carbonyl (C=O) groups is 1. The van der Waals surface area contributed by atoms with Crippen LogP contribution in [0, 0.1) is 0 Å². The topological polar surface area (TPSA) is 66.6 Å². The number of rotatable bonds is 6. The highest BCUT2D eigenvalue weighted by Crippen LogP contribution is 2.21. The molecule has 1 saturated heterocycles. The van der Waals surface area contributed by atoms with Crippen molar-refractivity contribution < 1.29 is 14.3 Å². The third-order valence-corrected chi connectivity index (χ3v) is 4.83. The van der Waals surface area contributed by atoms with E-state index < -0.39 is 0 Å². The SMILES string of the molecule is CN(C)CCO[C@H]1CCOC[C@H]1NC(=O)c1cc2sccc2[nH]1. The van der Waals surface area contributed by atoms with Gasteiger partial charge in [-0.2, -0.15) is 0 Å². The van der Waals surface area contributed by atoms with E-state index in [-0.39, 0.29) is 18.1 Å². The van der Waals surface area contributed by atoms with Crippen LogP contribution >= 0.6 is 11.3 Å². The van der Waals surface area contributed by atoms with E-state index in [0.717, 1.165) is 23.2 Å². The molecule has 0 aliphatic carbocycles. The summed E-state index contributed by atoms with van der Waals surface area (Å²) in [6.45, 7) is 2.69. The lowest BCUT2D eigenvalue weighted by molar-refractivity contribution is -0.0562. The molecule has 2 aromatic rings. The normalized spacial score (nSPS) is 21.9. The van der Waals surface area contributed by atoms with Crippen molar-refractivity contribution in [2.24, 2.45) is 0 Å². The third kappa shape index (κ3) is 4.11. The molecule has 3 heterocycles. The van der Waals surface area contributed by atoms with Crippen LogP contribution in [-0.4, -0.2) is 68.4 Å². The van der Waals surface area contributed by atoms with Crippen LogP contribution in [0.25, 0.3) is 10.2 Å². The highest BCUT2D eigenvalue weighted by atomic mass is 32.1. The first-order valence-corrected chi connectivity index (χ1v) is 8.72. The molecule has 23 heavy (non-hydrogen) atoms. The molecule has 0 saturated carbocycles. The number of ether oxygens (including phenoxy) is 2. The Kier molecular flexibility index (Phi) is 5.32. The zero-order valence-electron chi connectivity index (χ0n) is 13.5. The number of nitrogens with one attached hydrogen (secondary N) is 2. The fraction of sp³-hybridized carbons (Fsp3) is 0.562. The average Bonchev–Trinajstić information content (AvgIpc) is 3.10. The first-order chi connectivity index (χ1) is 11.1. The van der Waals surface area contributed by atoms with Crippen molar-refractivity contribution in [2.45, 2.75) is 18.6 Å². The quantitative estimate of drug-likeness (QED) is 0.842. The summed E-state index contributed by atoms with van der Waals surface area (Å²) in [5.41, 5.74) is 1.59. The van der Waals surface area contributed by atoms with Crippen LogP contribution in [0.1, 0.15) is 16.9 Å². The summed E-state index contributed by atoms with van der Waals surface area (Å²) in [7, 11) is 4.03. The Morgan fingerprint density at radius 1 is 1.57 bits per heavy atom. The lowest BCUT2D eigenvalue weighted by Gasteiger charge is -2.32. The van der Waals surface area contributed by atoms with Gasteiger partial charge in [0.25, 0.3) is 5.91 Å². The predicted octanol–water partition coefficient (Wildman–Crippen LogP) is 1.69. The Bertz CT molecular complexity index is 623. The molecule has 3 rings (SSSR count). The maximum absolute atomic E-state index is 12.5. The molecule has 0 spiro atoms. The van der Waals surface area contributed by atoms with E-state index in [1.807, 2.05) is 31.6 Å². The summed E-state index contributed by atoms with van der Waals surface area (Å²) in [5.74, 6) is -0.106. The molecule has 2 atom stereocenters. The van der Waals surface area contributed by atoms with Crippen molar-refractivity contribution in [3.8, 4) is 0 Å². The minimum Gasteiger partial charge on any atom is -0.379 e. The molecule has 0 bridgehead atoms. The molecule has 2 N–H and O–H groups in total. The fourth-order valence-electron chi connectivity index (χ4n) is 2.66. The summed E-state index contributed by atoms with van der Waals surface area (Å²) in [4.78, 5) is 17.7. The first kappa shape index (κ1) is 16.4. The van der Waals surface area contributed by atoms with Crippen LogP contribution in [-0.2, 0) is 9.47 Å². The predicted molar refractivity (Wildman–Crippen MR) is 91.2 cm³/mol. The zero-order valence-corrected chi connectivity index (χ0v) is 14.3. The summed E-state index contributed by atoms with van der Waals surface area (Å²) < 4.78 is 12.5. The number of hydrogen-bond donors (Lipinski definition) is 2. The second kappa shape index (κ2) is 7.44. The third-order valence-electron chi connectivity index (χ3n) is 3.96. The number of hydrogen-bond acceptors (Lipinski definition) is 5. The molecule has 6 nitrogen and oxygen atoms in total. The van der Waals surface area contributed by atoms with Gasteiger partial charge >= 0.3 is 0 Å². The number of amides is 1. The summed E-state index contributed by atoms with van der Waals surface area (Å²) in [6, 6.07) is 3.76. The van der Waals surface area contributed by atoms with Gasteiger partial charge in [-0.3, -0.25) is 4.79 Å². The Labute approximate surface area is 139 Å². The monoisotopic (exact) mass is 337 g/mol. The van der Waals surface area contributed by atoms with Gasteiger partial charge in [-0.15, -0.1) is 11.3 Å². The summed E-state index contributed by atoms with van der Waals surface area (Å²) in [5, 5.41) is 5.05. The number of likely N-dealkylation sites (N-methyl/N-ethyl adjacent to an activating group) is 1. The van der Waals surface area contributed by atoms with Crippen molar-refractivity contribution in [3.63, 3.8) is 0 Å². The van der Waals surface area contributed by atoms with E-state index in [4.69, 9.17) is 9.47 Å². The fourth-order valence-corrected chi connectivity index (χ4v) is 3.44. The lowest BCUT2D eigenvalue weighted by atomic mass is 10.1. The van der Waals surface area contributed by atoms with Gasteiger partial charge in [0, 0.05) is 13.2 Å². The van der Waals surface area contributed by atoms with E-state index in [9.17, 15) is 4.79 Å². The smallest absolute Gasteiger partial charge is 0.268 e. The second-order valence-corrected chi connectivity index (χ2v) is 6.99. The molecule has 1 amide bonds. The Morgan fingerprint density at radius 2 is 2.43 bits per heavy atom. The standard InChI is InChI=1S/C16H23N3O3S/c1-19(2)5-7-22-14-3-6-21-10-13(14)18-16(20)12-9-15-11(17-12)4-8-23-15/h4,8-9,13-14,17H,3,5-7,10H2,1-2H3,(H,18,20)/t13-,14+/m1/s1. The molecule has 7 heteroatoms. The van der Waals surface area contributed by atoms with E-state index in [1.165, 1.54) is 0 Å². The van der Waals surface area contributed by atoms with Crippen LogP contribution in [0.4, 0.5) is 0 Å². The molecule has 1 fully saturated rings. The highest BCUT2D eigenvalue weighted by Gasteiger charge is 2.28. The van der Waals surface area contributed by atoms with E-state index in [2.05, 4.69) is 15.2 Å². The van der Waals surface area contributed by atoms with E-state index in [0.29, 0.717) is 25.5 Å². The Hall–Kier alpha value is -1.41. The van der Waals surface area contributed by atoms with Gasteiger partial charge in [0.1, 0.15) is 5.69 Å². The molecular formula is C16H23N3O3S. The molecule has 2 aromatic heterocycles. The van der Waals surface area contributed by atoms with Crippen molar-refractivity contribution in [2.75, 3.05) is 40.5 Å². The van der Waals surface area contributed by atoms with E-state index in [1.54, 1.807) is 11.3 Å². The van der Waals surface area contributed by atoms with Gasteiger partial charge in [0.15, 0.2) is 0 Å². The number of aromatic amines is 1. The van der Waals surface area contributed by atoms with Crippen molar-refractivity contribution in [1.82, 2.24) is 15.2 Å². The summed E-state index contributed by atoms with van der Waals surface area (Å²) >= 11 is 1.62. The minimum absolute atomic E-state index is 0.00345. The Morgan fingerprint density at radius 3 is 3.22 bits per heavy atom. The molecule has 0 radical (unpaired) electrons. The van der Waals surface area contributed by atoms with Crippen LogP contribution in [0.2, 0.25) is 0 Å². The van der Waals surface area contributed by atoms with Gasteiger partial charge in [-0.25, -0.2) is 0 Å². The first-order valence-electron chi connectivity index (χ1n) is 7.84. The maximum Gasteiger partial charge on any atom is 0.268 e. The van der Waals surface area contributed by atoms with Crippen molar-refractivity contribution in [3.05, 3.63) is 23.2 Å². The van der Waals surface area contributed by atoms with Gasteiger partial charge in [-0.05, 0) is 38.0 Å². The number of thiophene rings is 1. The van der Waals surface area contributed by atoms with Crippen LogP contribution < -0.4 is 5.32 Å². The summed E-state index contributed by atoms with van der Waals surface area (Å²) in [6.07, 6.45) is 0.807. The van der Waals surface area contributed by atoms with Gasteiger partial charge in [0.2, 0.25) is 0 Å². The largest absolute Gasteiger partial charge is 0.379 e. The van der Waals surface area contributed by atoms with Crippen molar-refractivity contribution in [1.29, 1.82) is 0 Å². The van der Waals surface area contributed by atoms with Crippen LogP contribution in [0.15, 0.2) is 17.5 Å². The number of nitrogens with zero attached hydrogens (tertiary/aromatic N) is 1. The van der Waals surface area contributed by atoms with Crippen LogP contribution in [0.5, 0.6) is 0 Å². The molecule has 0 unspecified atom stereocenters. The number of H-pyrrole nitrogens is 1. The highest BCUT2D eigenvalue weighted by molar-refractivity contribution is 7.17. The maximum atomic E-state index is 12.5. The number of carbonyl (C=O) groups excluding carboxylic acids is 1. The molecule has 1 aliphatic rings. The molecule has 0 aromatic carbocycles. The molecule has 126 valence electrons. The van der Waals surface area contributed by atoms with Gasteiger partial charge < -0.3 is 24.7 Å². The van der Waals surface area contributed by atoms with Gasteiger partial charge in [-0.1, -0.05) is 0 Å². The second-order valence-electron chi connectivity index (χ2n) is 6.04. The molecular weight excluding hydrogens is 314 g/mol.